The molecule has 1 radical (unpaired) electrons. The number of hydrogen-bond donors (Lipinski definition) is 1. The van der Waals surface area contributed by atoms with Crippen LogP contribution in [-0.4, -0.2) is 11.9 Å². The number of carboxylic acid groups (broad SMARTS) is 2. The van der Waals surface area contributed by atoms with Crippen molar-refractivity contribution in [3.05, 3.63) is 0 Å². The molecule has 0 spiro atoms. The van der Waals surface area contributed by atoms with Crippen molar-refractivity contribution >= 4 is 11.9 Å². The third-order valence-electron chi connectivity index (χ3n) is 0.167. The number of carbonyl (C=O) groups excluding carboxylic acids is 2. The van der Waals surface area contributed by atoms with Crippen molar-refractivity contribution in [3.63, 3.8) is 0 Å². The van der Waals surface area contributed by atoms with E-state index in [1.807, 2.05) is 0 Å². The second-order valence-electron chi connectivity index (χ2n) is 0.575. The maximum absolute atomic E-state index is 8.93. The molecular formula is C2H4MnNO4-. The van der Waals surface area contributed by atoms with Crippen LogP contribution in [0.15, 0.2) is 0 Å². The monoisotopic (exact) mass is 161 g/mol. The normalized spacial score (nSPS) is 5.50. The molecule has 0 rings (SSSR count). The van der Waals surface area contributed by atoms with E-state index in [0.29, 0.717) is 0 Å². The van der Waals surface area contributed by atoms with Gasteiger partial charge in [0.05, 0.1) is 11.9 Å². The van der Waals surface area contributed by atoms with Crippen molar-refractivity contribution in [1.29, 1.82) is 0 Å². The third-order valence-corrected chi connectivity index (χ3v) is 0.167. The molecular weight excluding hydrogens is 157 g/mol. The molecule has 0 amide bonds. The van der Waals surface area contributed by atoms with E-state index < -0.39 is 11.9 Å². The Morgan fingerprint density at radius 2 is 1.12 bits per heavy atom. The first-order valence-electron chi connectivity index (χ1n) is 1.07. The first-order chi connectivity index (χ1) is 2.64. The zero-order valence-corrected chi connectivity index (χ0v) is 5.19. The molecule has 0 aliphatic carbocycles. The van der Waals surface area contributed by atoms with Gasteiger partial charge in [-0.15, -0.1) is 0 Å². The van der Waals surface area contributed by atoms with Gasteiger partial charge in [0.1, 0.15) is 0 Å². The average molecular weight is 161 g/mol. The summed E-state index contributed by atoms with van der Waals surface area (Å²) >= 11 is 0. The number of carboxylic acids is 2. The van der Waals surface area contributed by atoms with E-state index in [1.54, 1.807) is 0 Å². The standard InChI is InChI=1S/C2H2O4.Mn.H3N/c3-1(4)2(5)6;;/h(H,3,4)(H,5,6);;1H3/p-1. The first kappa shape index (κ1) is 15.7. The number of carbonyl (C=O) groups is 2. The molecule has 0 aromatic heterocycles. The molecule has 4 N–H and O–H groups in total. The summed E-state index contributed by atoms with van der Waals surface area (Å²) in [7, 11) is 0. The Balaban J connectivity index is -0.000000125. The first-order valence-corrected chi connectivity index (χ1v) is 1.07. The summed E-state index contributed by atoms with van der Waals surface area (Å²) in [4.78, 5) is 17.9. The summed E-state index contributed by atoms with van der Waals surface area (Å²) in [6.45, 7) is 0. The van der Waals surface area contributed by atoms with Crippen molar-refractivity contribution in [1.82, 2.24) is 6.15 Å². The number of rotatable bonds is 0. The second kappa shape index (κ2) is 6.42. The molecule has 0 fully saturated rings. The predicted molar refractivity (Wildman–Crippen MR) is 16.0 cm³/mol. The Morgan fingerprint density at radius 1 is 1.00 bits per heavy atom. The van der Waals surface area contributed by atoms with Crippen LogP contribution in [0, 0.1) is 0 Å². The van der Waals surface area contributed by atoms with Crippen LogP contribution >= 0.6 is 0 Å². The van der Waals surface area contributed by atoms with Gasteiger partial charge in [0.2, 0.25) is 0 Å². The minimum Gasteiger partial charge on any atom is -0.543 e. The molecule has 0 saturated carbocycles. The van der Waals surface area contributed by atoms with Gasteiger partial charge in [0, 0.05) is 17.1 Å². The van der Waals surface area contributed by atoms with E-state index >= 15 is 0 Å². The van der Waals surface area contributed by atoms with Gasteiger partial charge in [0.25, 0.3) is 0 Å². The van der Waals surface area contributed by atoms with Crippen LogP contribution in [0.1, 0.15) is 0 Å². The molecule has 5 nitrogen and oxygen atoms in total. The van der Waals surface area contributed by atoms with E-state index in [1.165, 1.54) is 0 Å². The number of quaternary nitrogens is 1. The van der Waals surface area contributed by atoms with Crippen LogP contribution < -0.4 is 16.4 Å². The van der Waals surface area contributed by atoms with Crippen molar-refractivity contribution in [3.8, 4) is 0 Å². The van der Waals surface area contributed by atoms with Gasteiger partial charge in [-0.1, -0.05) is 0 Å². The van der Waals surface area contributed by atoms with Crippen LogP contribution in [0.5, 0.6) is 0 Å². The summed E-state index contributed by atoms with van der Waals surface area (Å²) in [6.07, 6.45) is 0. The molecule has 0 atom stereocenters. The predicted octanol–water partition coefficient (Wildman–Crippen LogP) is -3.14. The maximum Gasteiger partial charge on any atom is 0.0870 e. The maximum atomic E-state index is 8.93. The van der Waals surface area contributed by atoms with Gasteiger partial charge in [-0.3, -0.25) is 0 Å². The van der Waals surface area contributed by atoms with E-state index in [-0.39, 0.29) is 23.2 Å². The molecule has 0 aliphatic rings. The molecule has 8 heavy (non-hydrogen) atoms. The molecule has 0 aromatic rings. The van der Waals surface area contributed by atoms with Crippen LogP contribution in [-0.2, 0) is 26.7 Å². The fourth-order valence-electron chi connectivity index (χ4n) is 0. The summed E-state index contributed by atoms with van der Waals surface area (Å²) in [5.74, 6) is -4.37. The number of hydrogen-bond acceptors (Lipinski definition) is 4. The fraction of sp³-hybridized carbons (Fsp3) is 0. The van der Waals surface area contributed by atoms with Crippen LogP contribution in [0.25, 0.3) is 0 Å². The Hall–Kier alpha value is -0.581. The number of aliphatic carboxylic acids is 2. The van der Waals surface area contributed by atoms with Gasteiger partial charge in [-0.05, 0) is 0 Å². The molecule has 0 saturated heterocycles. The Morgan fingerprint density at radius 3 is 1.12 bits per heavy atom. The van der Waals surface area contributed by atoms with Crippen molar-refractivity contribution in [2.75, 3.05) is 0 Å². The van der Waals surface area contributed by atoms with Crippen molar-refractivity contribution in [2.24, 2.45) is 0 Å². The Bertz CT molecular complexity index is 80.0. The smallest absolute Gasteiger partial charge is 0.0870 e. The third kappa shape index (κ3) is 9.05. The van der Waals surface area contributed by atoms with Crippen molar-refractivity contribution in [2.45, 2.75) is 0 Å². The molecule has 49 valence electrons. The summed E-state index contributed by atoms with van der Waals surface area (Å²) < 4.78 is 0. The van der Waals surface area contributed by atoms with E-state index in [4.69, 9.17) is 19.8 Å². The fourth-order valence-corrected chi connectivity index (χ4v) is 0. The molecule has 0 unspecified atom stereocenters. The largest absolute Gasteiger partial charge is 0.543 e. The summed E-state index contributed by atoms with van der Waals surface area (Å²) in [5.41, 5.74) is 0. The van der Waals surface area contributed by atoms with Crippen LogP contribution in [0.2, 0.25) is 0 Å². The Labute approximate surface area is 55.7 Å². The summed E-state index contributed by atoms with van der Waals surface area (Å²) in [6, 6.07) is 0. The average Bonchev–Trinajstić information content (AvgIpc) is 1.36. The second-order valence-corrected chi connectivity index (χ2v) is 0.575. The Kier molecular flexibility index (Phi) is 12.6. The van der Waals surface area contributed by atoms with Crippen molar-refractivity contribution < 1.29 is 36.9 Å². The van der Waals surface area contributed by atoms with E-state index in [2.05, 4.69) is 0 Å². The van der Waals surface area contributed by atoms with Gasteiger partial charge >= 0.3 is 0 Å². The van der Waals surface area contributed by atoms with E-state index in [0.717, 1.165) is 0 Å². The minimum atomic E-state index is -2.19. The molecule has 0 aliphatic heterocycles. The zero-order valence-electron chi connectivity index (χ0n) is 4.01. The topological polar surface area (TPSA) is 117 Å². The van der Waals surface area contributed by atoms with Crippen LogP contribution in [0.3, 0.4) is 0 Å². The molecule has 0 aromatic carbocycles. The summed E-state index contributed by atoms with van der Waals surface area (Å²) in [5, 5.41) is 17.9. The minimum absolute atomic E-state index is 0. The molecule has 0 bridgehead atoms. The quantitative estimate of drug-likeness (QED) is 0.298. The van der Waals surface area contributed by atoms with Gasteiger partial charge in [-0.2, -0.15) is 0 Å². The SMILES string of the molecule is O=C([O-])C(=O)[O-].[Mn].[NH4+]. The molecule has 0 heterocycles. The van der Waals surface area contributed by atoms with Gasteiger partial charge in [-0.25, -0.2) is 0 Å². The molecule has 6 heteroatoms. The van der Waals surface area contributed by atoms with E-state index in [9.17, 15) is 0 Å². The zero-order chi connectivity index (χ0) is 5.15. The van der Waals surface area contributed by atoms with Gasteiger partial charge in [0.15, 0.2) is 0 Å². The van der Waals surface area contributed by atoms with Crippen LogP contribution in [0.4, 0.5) is 0 Å². The van der Waals surface area contributed by atoms with Gasteiger partial charge < -0.3 is 26.0 Å².